The summed E-state index contributed by atoms with van der Waals surface area (Å²) in [6.07, 6.45) is 0. The van der Waals surface area contributed by atoms with E-state index in [4.69, 9.17) is 20.3 Å². The van der Waals surface area contributed by atoms with Crippen LogP contribution in [0, 0.1) is 0 Å². The summed E-state index contributed by atoms with van der Waals surface area (Å²) in [5.74, 6) is 0. The summed E-state index contributed by atoms with van der Waals surface area (Å²) in [7, 11) is 0. The Bertz CT molecular complexity index is 413. The van der Waals surface area contributed by atoms with Crippen LogP contribution >= 0.6 is 0 Å². The van der Waals surface area contributed by atoms with Crippen LogP contribution in [0.3, 0.4) is 0 Å². The molecular formula is C22H46NO3Ti-. The topological polar surface area (TPSA) is 74.8 Å². The first-order chi connectivity index (χ1) is 11.6. The molecule has 1 aromatic heterocycles. The molecule has 0 aromatic carbocycles. The minimum Gasteiger partial charge on any atom is -0.664 e. The molecule has 1 heterocycles. The van der Waals surface area contributed by atoms with Crippen LogP contribution in [0.1, 0.15) is 100 Å². The van der Waals surface area contributed by atoms with Crippen LogP contribution in [0.2, 0.25) is 0 Å². The Morgan fingerprint density at radius 3 is 1.11 bits per heavy atom. The van der Waals surface area contributed by atoms with Gasteiger partial charge in [-0.25, -0.2) is 0 Å². The predicted molar refractivity (Wildman–Crippen MR) is 114 cm³/mol. The van der Waals surface area contributed by atoms with Gasteiger partial charge >= 0.3 is 0 Å². The molecule has 0 radical (unpaired) electrons. The van der Waals surface area contributed by atoms with Crippen molar-refractivity contribution < 1.29 is 37.0 Å². The van der Waals surface area contributed by atoms with Crippen LogP contribution in [0.5, 0.6) is 0 Å². The maximum absolute atomic E-state index is 7.57. The maximum Gasteiger partial charge on any atom is 0.0402 e. The molecule has 162 valence electrons. The molecule has 1 rings (SSSR count). The van der Waals surface area contributed by atoms with Crippen LogP contribution in [0.4, 0.5) is 0 Å². The molecule has 0 fully saturated rings. The molecule has 27 heavy (non-hydrogen) atoms. The van der Waals surface area contributed by atoms with Gasteiger partial charge in [-0.1, -0.05) is 73.9 Å². The van der Waals surface area contributed by atoms with Crippen molar-refractivity contribution in [2.45, 2.75) is 99.3 Å². The Hall–Kier alpha value is -0.126. The fourth-order valence-corrected chi connectivity index (χ4v) is 1.95. The van der Waals surface area contributed by atoms with Crippen LogP contribution in [0.15, 0.2) is 6.07 Å². The molecule has 0 unspecified atom stereocenters. The van der Waals surface area contributed by atoms with E-state index in [-0.39, 0.29) is 57.8 Å². The third kappa shape index (κ3) is 16.5. The summed E-state index contributed by atoms with van der Waals surface area (Å²) < 4.78 is 0. The molecule has 0 aliphatic carbocycles. The van der Waals surface area contributed by atoms with E-state index in [1.807, 2.05) is 0 Å². The number of aliphatic hydroxyl groups excluding tert-OH is 3. The zero-order valence-corrected chi connectivity index (χ0v) is 21.5. The first kappa shape index (κ1) is 34.4. The van der Waals surface area contributed by atoms with E-state index in [0.717, 1.165) is 0 Å². The van der Waals surface area contributed by atoms with Crippen molar-refractivity contribution in [1.82, 2.24) is 4.98 Å². The number of nitrogens with zero attached hydrogens (tertiary/aromatic N) is 1. The summed E-state index contributed by atoms with van der Waals surface area (Å²) in [4.78, 5) is 4.92. The smallest absolute Gasteiger partial charge is 0.0402 e. The summed E-state index contributed by atoms with van der Waals surface area (Å²) >= 11 is 0. The van der Waals surface area contributed by atoms with Gasteiger partial charge in [0.2, 0.25) is 0 Å². The molecule has 0 amide bonds. The maximum atomic E-state index is 7.57. The minimum atomic E-state index is 0. The average Bonchev–Trinajstić information content (AvgIpc) is 2.86. The third-order valence-electron chi connectivity index (χ3n) is 3.06. The van der Waals surface area contributed by atoms with Crippen molar-refractivity contribution in [1.29, 1.82) is 0 Å². The van der Waals surface area contributed by atoms with Gasteiger partial charge in [-0.05, 0) is 37.0 Å². The first-order valence-electron chi connectivity index (χ1n) is 9.59. The molecule has 0 spiro atoms. The molecule has 3 N–H and O–H groups in total. The van der Waals surface area contributed by atoms with E-state index < -0.39 is 0 Å². The third-order valence-corrected chi connectivity index (χ3v) is 3.06. The van der Waals surface area contributed by atoms with Crippen molar-refractivity contribution in [2.75, 3.05) is 19.8 Å². The Kier molecular flexibility index (Phi) is 20.1. The van der Waals surface area contributed by atoms with Gasteiger partial charge in [0, 0.05) is 41.5 Å². The van der Waals surface area contributed by atoms with Crippen LogP contribution < -0.4 is 4.98 Å². The van der Waals surface area contributed by atoms with Crippen molar-refractivity contribution in [3.8, 4) is 0 Å². The van der Waals surface area contributed by atoms with Gasteiger partial charge in [0.05, 0.1) is 0 Å². The summed E-state index contributed by atoms with van der Waals surface area (Å²) in [6, 6.07) is 2.31. The van der Waals surface area contributed by atoms with Gasteiger partial charge < -0.3 is 20.3 Å². The molecule has 0 aliphatic heterocycles. The van der Waals surface area contributed by atoms with Crippen LogP contribution in [-0.2, 0) is 38.0 Å². The first-order valence-corrected chi connectivity index (χ1v) is 9.59. The molecule has 0 atom stereocenters. The molecule has 0 saturated heterocycles. The Morgan fingerprint density at radius 2 is 0.963 bits per heavy atom. The van der Waals surface area contributed by atoms with E-state index in [9.17, 15) is 0 Å². The average molecular weight is 420 g/mol. The second kappa shape index (κ2) is 15.8. The molecule has 5 heteroatoms. The molecule has 0 saturated carbocycles. The number of hydrogen-bond acceptors (Lipinski definition) is 3. The predicted octanol–water partition coefficient (Wildman–Crippen LogP) is 4.53. The van der Waals surface area contributed by atoms with Crippen molar-refractivity contribution in [2.24, 2.45) is 0 Å². The molecule has 0 aliphatic rings. The molecule has 4 nitrogen and oxygen atoms in total. The fourth-order valence-electron chi connectivity index (χ4n) is 1.95. The second-order valence-electron chi connectivity index (χ2n) is 9.10. The van der Waals surface area contributed by atoms with Crippen molar-refractivity contribution in [3.63, 3.8) is 0 Å². The SMILES string of the molecule is CC(C)(C)c1cc(C(C)(C)C)c(C(C)(C)C)[n-]1.CCO.CCO.CCO.[Ti]. The van der Waals surface area contributed by atoms with Crippen LogP contribution in [-0.4, -0.2) is 35.1 Å². The fraction of sp³-hybridized carbons (Fsp3) is 0.818. The minimum absolute atomic E-state index is 0. The Balaban J connectivity index is -0.000000224. The number of aromatic nitrogens is 1. The Morgan fingerprint density at radius 1 is 0.667 bits per heavy atom. The quantitative estimate of drug-likeness (QED) is 0.539. The summed E-state index contributed by atoms with van der Waals surface area (Å²) in [5, 5.41) is 22.7. The Labute approximate surface area is 184 Å². The van der Waals surface area contributed by atoms with Crippen molar-refractivity contribution >= 4 is 0 Å². The van der Waals surface area contributed by atoms with E-state index in [1.54, 1.807) is 20.8 Å². The molecule has 0 bridgehead atoms. The van der Waals surface area contributed by atoms with Crippen molar-refractivity contribution in [3.05, 3.63) is 23.0 Å². The number of rotatable bonds is 0. The summed E-state index contributed by atoms with van der Waals surface area (Å²) in [6.45, 7) is 26.0. The number of hydrogen-bond donors (Lipinski definition) is 3. The zero-order valence-electron chi connectivity index (χ0n) is 20.0. The van der Waals surface area contributed by atoms with E-state index in [0.29, 0.717) is 0 Å². The zero-order chi connectivity index (χ0) is 21.8. The van der Waals surface area contributed by atoms with E-state index >= 15 is 0 Å². The summed E-state index contributed by atoms with van der Waals surface area (Å²) in [5.41, 5.74) is 4.28. The van der Waals surface area contributed by atoms with Gasteiger partial charge in [-0.2, -0.15) is 11.4 Å². The van der Waals surface area contributed by atoms with Gasteiger partial charge in [0.25, 0.3) is 0 Å². The standard InChI is InChI=1S/C16H28N.3C2H6O.Ti/c1-14(2,3)11-10-12(15(4,5)6)17-13(11)16(7,8)9;3*1-2-3;/h10H,1-9H3;3*3H,2H2,1H3;/q-1;;;;. The number of aliphatic hydroxyl groups is 3. The van der Waals surface area contributed by atoms with E-state index in [1.165, 1.54) is 17.0 Å². The largest absolute Gasteiger partial charge is 0.664 e. The molecule has 1 aromatic rings. The van der Waals surface area contributed by atoms with Gasteiger partial charge in [-0.15, -0.1) is 0 Å². The normalized spacial score (nSPS) is 10.9. The van der Waals surface area contributed by atoms with Gasteiger partial charge in [0.1, 0.15) is 0 Å². The molecular weight excluding hydrogens is 374 g/mol. The van der Waals surface area contributed by atoms with Gasteiger partial charge in [0.15, 0.2) is 0 Å². The van der Waals surface area contributed by atoms with E-state index in [2.05, 4.69) is 68.4 Å². The van der Waals surface area contributed by atoms with Gasteiger partial charge in [-0.3, -0.25) is 0 Å². The van der Waals surface area contributed by atoms with Crippen LogP contribution in [0.25, 0.3) is 0 Å². The second-order valence-corrected chi connectivity index (χ2v) is 9.10. The monoisotopic (exact) mass is 420 g/mol.